The molecule has 0 amide bonds. The number of nitrogens with one attached hydrogen (secondary N) is 2. The summed E-state index contributed by atoms with van der Waals surface area (Å²) >= 11 is 3.48. The Balaban J connectivity index is 1.75. The van der Waals surface area contributed by atoms with Crippen LogP contribution in [0.1, 0.15) is 33.2 Å². The van der Waals surface area contributed by atoms with Gasteiger partial charge in [-0.15, -0.1) is 22.7 Å². The average molecular weight is 338 g/mol. The molecule has 0 radical (unpaired) electrons. The molecule has 0 unspecified atom stereocenters. The lowest BCUT2D eigenvalue weighted by Gasteiger charge is -2.10. The molecule has 5 nitrogen and oxygen atoms in total. The van der Waals surface area contributed by atoms with Crippen LogP contribution in [0.4, 0.5) is 0 Å². The van der Waals surface area contributed by atoms with Crippen molar-refractivity contribution in [3.05, 3.63) is 31.7 Å². The van der Waals surface area contributed by atoms with Gasteiger partial charge in [-0.05, 0) is 20.3 Å². The molecule has 2 N–H and O–H groups in total. The highest BCUT2D eigenvalue weighted by Crippen LogP contribution is 2.16. The van der Waals surface area contributed by atoms with Crippen molar-refractivity contribution < 1.29 is 0 Å². The van der Waals surface area contributed by atoms with E-state index in [1.165, 1.54) is 14.9 Å². The van der Waals surface area contributed by atoms with Gasteiger partial charge in [-0.3, -0.25) is 4.99 Å². The molecule has 7 heteroatoms. The number of nitrogens with zero attached hydrogens (tertiary/aromatic N) is 3. The Hall–Kier alpha value is -1.47. The lowest BCUT2D eigenvalue weighted by atomic mass is 10.4. The Labute approximate surface area is 139 Å². The molecule has 0 aliphatic rings. The van der Waals surface area contributed by atoms with Crippen LogP contribution < -0.4 is 10.6 Å². The van der Waals surface area contributed by atoms with Crippen molar-refractivity contribution in [2.75, 3.05) is 13.6 Å². The predicted octanol–water partition coefficient (Wildman–Crippen LogP) is 2.69. The first-order valence-electron chi connectivity index (χ1n) is 7.43. The van der Waals surface area contributed by atoms with Crippen LogP contribution in [0.25, 0.3) is 0 Å². The van der Waals surface area contributed by atoms with Gasteiger partial charge in [-0.1, -0.05) is 6.92 Å². The van der Waals surface area contributed by atoms with Crippen molar-refractivity contribution in [2.45, 2.75) is 40.2 Å². The van der Waals surface area contributed by atoms with E-state index in [-0.39, 0.29) is 0 Å². The van der Waals surface area contributed by atoms with E-state index in [9.17, 15) is 0 Å². The smallest absolute Gasteiger partial charge is 0.191 e. The number of aliphatic imine (C=N–C) groups is 1. The Kier molecular flexibility index (Phi) is 6.33. The molecule has 0 saturated heterocycles. The summed E-state index contributed by atoms with van der Waals surface area (Å²) in [5.41, 5.74) is 2.20. The number of aryl methyl sites for hydroxylation is 3. The molecular formula is C15H23N5S2. The molecule has 0 atom stereocenters. The van der Waals surface area contributed by atoms with Crippen molar-refractivity contribution in [3.8, 4) is 0 Å². The van der Waals surface area contributed by atoms with E-state index >= 15 is 0 Å². The van der Waals surface area contributed by atoms with E-state index in [0.29, 0.717) is 6.54 Å². The molecule has 22 heavy (non-hydrogen) atoms. The molecule has 0 fully saturated rings. The molecule has 0 bridgehead atoms. The molecule has 0 aliphatic heterocycles. The van der Waals surface area contributed by atoms with Gasteiger partial charge in [0.15, 0.2) is 5.96 Å². The van der Waals surface area contributed by atoms with Crippen LogP contribution in [0.3, 0.4) is 0 Å². The maximum absolute atomic E-state index is 4.55. The van der Waals surface area contributed by atoms with Crippen LogP contribution in [-0.4, -0.2) is 29.5 Å². The fourth-order valence-electron chi connectivity index (χ4n) is 1.92. The fourth-order valence-corrected chi connectivity index (χ4v) is 3.60. The van der Waals surface area contributed by atoms with Gasteiger partial charge in [0.05, 0.1) is 27.9 Å². The zero-order chi connectivity index (χ0) is 15.9. The lowest BCUT2D eigenvalue weighted by molar-refractivity contribution is 0.781. The van der Waals surface area contributed by atoms with Gasteiger partial charge in [0.2, 0.25) is 0 Å². The van der Waals surface area contributed by atoms with E-state index in [0.717, 1.165) is 36.7 Å². The summed E-state index contributed by atoms with van der Waals surface area (Å²) in [4.78, 5) is 14.6. The predicted molar refractivity (Wildman–Crippen MR) is 95.0 cm³/mol. The number of hydrogen-bond acceptors (Lipinski definition) is 5. The normalized spacial score (nSPS) is 11.7. The Morgan fingerprint density at radius 3 is 2.64 bits per heavy atom. The summed E-state index contributed by atoms with van der Waals surface area (Å²) in [5, 5.41) is 11.1. The van der Waals surface area contributed by atoms with E-state index in [4.69, 9.17) is 0 Å². The zero-order valence-electron chi connectivity index (χ0n) is 13.6. The Bertz CT molecular complexity index is 610. The fraction of sp³-hybridized carbons (Fsp3) is 0.533. The van der Waals surface area contributed by atoms with Gasteiger partial charge in [0, 0.05) is 30.3 Å². The van der Waals surface area contributed by atoms with Crippen molar-refractivity contribution >= 4 is 28.6 Å². The third-order valence-electron chi connectivity index (χ3n) is 3.27. The van der Waals surface area contributed by atoms with Crippen LogP contribution in [0, 0.1) is 13.8 Å². The van der Waals surface area contributed by atoms with Crippen molar-refractivity contribution in [2.24, 2.45) is 4.99 Å². The first kappa shape index (κ1) is 16.9. The second-order valence-corrected chi connectivity index (χ2v) is 7.17. The largest absolute Gasteiger partial charge is 0.356 e. The number of hydrogen-bond donors (Lipinski definition) is 2. The average Bonchev–Trinajstić information content (AvgIpc) is 3.09. The molecule has 2 rings (SSSR count). The van der Waals surface area contributed by atoms with E-state index in [2.05, 4.69) is 51.7 Å². The highest BCUT2D eigenvalue weighted by atomic mass is 32.1. The molecule has 0 aromatic carbocycles. The van der Waals surface area contributed by atoms with Crippen LogP contribution in [0.5, 0.6) is 0 Å². The molecule has 0 aliphatic carbocycles. The van der Waals surface area contributed by atoms with Gasteiger partial charge in [-0.25, -0.2) is 9.97 Å². The maximum atomic E-state index is 4.55. The molecule has 2 aromatic heterocycles. The lowest BCUT2D eigenvalue weighted by Crippen LogP contribution is -2.37. The second kappa shape index (κ2) is 8.24. The Morgan fingerprint density at radius 2 is 2.05 bits per heavy atom. The standard InChI is InChI=1S/C15H23N5S2/c1-5-13-20-12(9-21-13)8-18-15(16-4)17-7-6-14-19-10(2)11(3)22-14/h9H,5-8H2,1-4H3,(H2,16,17,18). The van der Waals surface area contributed by atoms with Crippen LogP contribution >= 0.6 is 22.7 Å². The first-order valence-corrected chi connectivity index (χ1v) is 9.12. The third-order valence-corrected chi connectivity index (χ3v) is 5.44. The molecular weight excluding hydrogens is 314 g/mol. The summed E-state index contributed by atoms with van der Waals surface area (Å²) < 4.78 is 0. The highest BCUT2D eigenvalue weighted by Gasteiger charge is 2.05. The van der Waals surface area contributed by atoms with Gasteiger partial charge in [0.25, 0.3) is 0 Å². The summed E-state index contributed by atoms with van der Waals surface area (Å²) in [6.07, 6.45) is 1.90. The Morgan fingerprint density at radius 1 is 1.23 bits per heavy atom. The number of thiazole rings is 2. The van der Waals surface area contributed by atoms with E-state index < -0.39 is 0 Å². The van der Waals surface area contributed by atoms with Gasteiger partial charge >= 0.3 is 0 Å². The number of aromatic nitrogens is 2. The minimum atomic E-state index is 0.700. The summed E-state index contributed by atoms with van der Waals surface area (Å²) in [6, 6.07) is 0. The molecule has 0 spiro atoms. The summed E-state index contributed by atoms with van der Waals surface area (Å²) in [7, 11) is 1.78. The van der Waals surface area contributed by atoms with Gasteiger partial charge in [-0.2, -0.15) is 0 Å². The number of guanidine groups is 1. The molecule has 0 saturated carbocycles. The SMILES string of the molecule is CCc1nc(CNC(=NC)NCCc2nc(C)c(C)s2)cs1. The van der Waals surface area contributed by atoms with Gasteiger partial charge in [0.1, 0.15) is 0 Å². The quantitative estimate of drug-likeness (QED) is 0.628. The molecule has 2 heterocycles. The minimum Gasteiger partial charge on any atom is -0.356 e. The van der Waals surface area contributed by atoms with Crippen LogP contribution in [0.15, 0.2) is 10.4 Å². The topological polar surface area (TPSA) is 62.2 Å². The first-order chi connectivity index (χ1) is 10.6. The molecule has 2 aromatic rings. The zero-order valence-corrected chi connectivity index (χ0v) is 15.2. The highest BCUT2D eigenvalue weighted by molar-refractivity contribution is 7.11. The minimum absolute atomic E-state index is 0.700. The van der Waals surface area contributed by atoms with Crippen LogP contribution in [0.2, 0.25) is 0 Å². The third kappa shape index (κ3) is 4.78. The van der Waals surface area contributed by atoms with Crippen LogP contribution in [-0.2, 0) is 19.4 Å². The van der Waals surface area contributed by atoms with E-state index in [1.807, 2.05) is 0 Å². The van der Waals surface area contributed by atoms with Gasteiger partial charge < -0.3 is 10.6 Å². The maximum Gasteiger partial charge on any atom is 0.191 e. The van der Waals surface area contributed by atoms with E-state index in [1.54, 1.807) is 29.7 Å². The van der Waals surface area contributed by atoms with Crippen molar-refractivity contribution in [3.63, 3.8) is 0 Å². The second-order valence-electron chi connectivity index (χ2n) is 4.94. The molecule has 120 valence electrons. The number of rotatable bonds is 6. The van der Waals surface area contributed by atoms with Crippen molar-refractivity contribution in [1.82, 2.24) is 20.6 Å². The summed E-state index contributed by atoms with van der Waals surface area (Å²) in [5.74, 6) is 0.802. The van der Waals surface area contributed by atoms with Crippen molar-refractivity contribution in [1.29, 1.82) is 0 Å². The monoisotopic (exact) mass is 337 g/mol. The summed E-state index contributed by atoms with van der Waals surface area (Å²) in [6.45, 7) is 7.82.